The van der Waals surface area contributed by atoms with Crippen molar-refractivity contribution < 1.29 is 18.4 Å². The molecular formula is C23H18ClFN2O3. The van der Waals surface area contributed by atoms with Gasteiger partial charge in [0.15, 0.2) is 5.76 Å². The van der Waals surface area contributed by atoms with Gasteiger partial charge < -0.3 is 9.73 Å². The van der Waals surface area contributed by atoms with Crippen molar-refractivity contribution in [3.05, 3.63) is 88.6 Å². The van der Waals surface area contributed by atoms with Gasteiger partial charge in [0.2, 0.25) is 11.7 Å². The smallest absolute Gasteiger partial charge is 0.250 e. The highest BCUT2D eigenvalue weighted by Gasteiger charge is 2.64. The van der Waals surface area contributed by atoms with E-state index in [4.69, 9.17) is 16.0 Å². The molecule has 1 spiro atoms. The quantitative estimate of drug-likeness (QED) is 0.631. The number of hydrogen-bond donors (Lipinski definition) is 1. The summed E-state index contributed by atoms with van der Waals surface area (Å²) in [7, 11) is 1.79. The highest BCUT2D eigenvalue weighted by Crippen LogP contribution is 2.55. The lowest BCUT2D eigenvalue weighted by Crippen LogP contribution is -2.51. The molecule has 5 nitrogen and oxygen atoms in total. The Morgan fingerprint density at radius 1 is 1.23 bits per heavy atom. The minimum Gasteiger partial charge on any atom is -0.461 e. The van der Waals surface area contributed by atoms with E-state index in [1.165, 1.54) is 24.5 Å². The molecule has 3 aromatic rings. The largest absolute Gasteiger partial charge is 0.461 e. The molecule has 2 aliphatic rings. The third-order valence-corrected chi connectivity index (χ3v) is 6.51. The second kappa shape index (κ2) is 6.79. The standard InChI is InChI=1S/C23H18ClFN2O3/c1-27-12-16(13-4-6-14(24)7-5-13)20(21(28)19-3-2-10-30-19)23(27)17-11-15(25)8-9-18(17)26-22(23)29/h2-11,16,20H,12H2,1H3,(H,26,29). The zero-order chi connectivity index (χ0) is 21.0. The maximum Gasteiger partial charge on any atom is 0.250 e. The van der Waals surface area contributed by atoms with Crippen molar-refractivity contribution in [1.29, 1.82) is 0 Å². The van der Waals surface area contributed by atoms with Crippen LogP contribution in [0.25, 0.3) is 0 Å². The summed E-state index contributed by atoms with van der Waals surface area (Å²) in [6.07, 6.45) is 1.43. The fourth-order valence-electron chi connectivity index (χ4n) is 4.99. The summed E-state index contributed by atoms with van der Waals surface area (Å²) in [4.78, 5) is 28.9. The molecule has 7 heteroatoms. The molecule has 2 aromatic carbocycles. The highest BCUT2D eigenvalue weighted by atomic mass is 35.5. The highest BCUT2D eigenvalue weighted by molar-refractivity contribution is 6.30. The number of benzene rings is 2. The summed E-state index contributed by atoms with van der Waals surface area (Å²) in [5.74, 6) is -2.05. The summed E-state index contributed by atoms with van der Waals surface area (Å²) >= 11 is 6.06. The maximum atomic E-state index is 14.2. The van der Waals surface area contributed by atoms with E-state index in [1.807, 2.05) is 17.0 Å². The van der Waals surface area contributed by atoms with E-state index in [9.17, 15) is 14.0 Å². The number of ketones is 1. The Morgan fingerprint density at radius 3 is 2.70 bits per heavy atom. The van der Waals surface area contributed by atoms with E-state index in [0.29, 0.717) is 22.8 Å². The number of halogens is 2. The average Bonchev–Trinajstić information content (AvgIpc) is 3.42. The monoisotopic (exact) mass is 424 g/mol. The second-order valence-electron chi connectivity index (χ2n) is 7.77. The van der Waals surface area contributed by atoms with Crippen LogP contribution in [-0.2, 0) is 10.3 Å². The van der Waals surface area contributed by atoms with Gasteiger partial charge in [0, 0.05) is 28.7 Å². The average molecular weight is 425 g/mol. The second-order valence-corrected chi connectivity index (χ2v) is 8.20. The van der Waals surface area contributed by atoms with Crippen LogP contribution in [0, 0.1) is 11.7 Å². The third-order valence-electron chi connectivity index (χ3n) is 6.26. The molecule has 1 N–H and O–H groups in total. The van der Waals surface area contributed by atoms with Gasteiger partial charge in [0.05, 0.1) is 12.2 Å². The van der Waals surface area contributed by atoms with Crippen LogP contribution in [-0.4, -0.2) is 30.2 Å². The summed E-state index contributed by atoms with van der Waals surface area (Å²) in [5, 5.41) is 3.43. The van der Waals surface area contributed by atoms with E-state index in [1.54, 1.807) is 31.3 Å². The topological polar surface area (TPSA) is 62.6 Å². The van der Waals surface area contributed by atoms with Crippen molar-refractivity contribution in [2.45, 2.75) is 11.5 Å². The Kier molecular flexibility index (Phi) is 4.31. The Morgan fingerprint density at radius 2 is 2.00 bits per heavy atom. The third kappa shape index (κ3) is 2.57. The van der Waals surface area contributed by atoms with E-state index in [2.05, 4.69) is 5.32 Å². The van der Waals surface area contributed by atoms with Gasteiger partial charge >= 0.3 is 0 Å². The molecule has 0 saturated carbocycles. The molecular weight excluding hydrogens is 407 g/mol. The molecule has 5 rings (SSSR count). The Bertz CT molecular complexity index is 1150. The number of rotatable bonds is 3. The summed E-state index contributed by atoms with van der Waals surface area (Å²) in [6, 6.07) is 14.7. The molecule has 1 amide bonds. The van der Waals surface area contributed by atoms with Gasteiger partial charge in [-0.1, -0.05) is 23.7 Å². The van der Waals surface area contributed by atoms with Crippen molar-refractivity contribution in [1.82, 2.24) is 4.90 Å². The molecule has 1 fully saturated rings. The van der Waals surface area contributed by atoms with Crippen LogP contribution in [0.4, 0.5) is 10.1 Å². The number of amides is 1. The summed E-state index contributed by atoms with van der Waals surface area (Å²) < 4.78 is 19.6. The molecule has 0 aliphatic carbocycles. The molecule has 0 radical (unpaired) electrons. The lowest BCUT2D eigenvalue weighted by molar-refractivity contribution is -0.126. The van der Waals surface area contributed by atoms with Crippen LogP contribution < -0.4 is 5.32 Å². The Hall–Kier alpha value is -2.96. The number of likely N-dealkylation sites (tertiary alicyclic amines) is 1. The predicted molar refractivity (Wildman–Crippen MR) is 110 cm³/mol. The van der Waals surface area contributed by atoms with Crippen LogP contribution in [0.5, 0.6) is 0 Å². The van der Waals surface area contributed by atoms with Crippen molar-refractivity contribution in [2.75, 3.05) is 18.9 Å². The number of anilines is 1. The van der Waals surface area contributed by atoms with Gasteiger partial charge in [0.1, 0.15) is 11.4 Å². The lowest BCUT2D eigenvalue weighted by Gasteiger charge is -2.35. The SMILES string of the molecule is CN1CC(c2ccc(Cl)cc2)C(C(=O)c2ccco2)C12C(=O)Nc1ccc(F)cc12. The predicted octanol–water partition coefficient (Wildman–Crippen LogP) is 4.45. The zero-order valence-corrected chi connectivity index (χ0v) is 16.8. The van der Waals surface area contributed by atoms with Gasteiger partial charge in [-0.05, 0) is 55.1 Å². The van der Waals surface area contributed by atoms with E-state index in [0.717, 1.165) is 5.56 Å². The number of furan rings is 1. The number of nitrogens with one attached hydrogen (secondary N) is 1. The van der Waals surface area contributed by atoms with E-state index < -0.39 is 17.3 Å². The van der Waals surface area contributed by atoms with Crippen molar-refractivity contribution in [3.8, 4) is 0 Å². The first-order chi connectivity index (χ1) is 14.4. The first-order valence-electron chi connectivity index (χ1n) is 9.59. The molecule has 0 bridgehead atoms. The molecule has 3 atom stereocenters. The van der Waals surface area contributed by atoms with Gasteiger partial charge in [-0.3, -0.25) is 14.5 Å². The molecule has 3 unspecified atom stereocenters. The Balaban J connectivity index is 1.74. The minimum atomic E-state index is -1.34. The summed E-state index contributed by atoms with van der Waals surface area (Å²) in [6.45, 7) is 0.433. The maximum absolute atomic E-state index is 14.2. The fraction of sp³-hybridized carbons (Fsp3) is 0.217. The van der Waals surface area contributed by atoms with Crippen molar-refractivity contribution in [3.63, 3.8) is 0 Å². The number of carbonyl (C=O) groups excluding carboxylic acids is 2. The lowest BCUT2D eigenvalue weighted by atomic mass is 9.71. The first-order valence-corrected chi connectivity index (χ1v) is 9.96. The molecule has 1 aromatic heterocycles. The zero-order valence-electron chi connectivity index (χ0n) is 16.1. The number of fused-ring (bicyclic) bond motifs is 2. The molecule has 30 heavy (non-hydrogen) atoms. The van der Waals surface area contributed by atoms with E-state index in [-0.39, 0.29) is 23.4 Å². The normalized spacial score (nSPS) is 25.5. The van der Waals surface area contributed by atoms with Gasteiger partial charge in [-0.25, -0.2) is 4.39 Å². The molecule has 1 saturated heterocycles. The van der Waals surface area contributed by atoms with Crippen LogP contribution in [0.2, 0.25) is 5.02 Å². The van der Waals surface area contributed by atoms with Crippen LogP contribution in [0.1, 0.15) is 27.6 Å². The molecule has 3 heterocycles. The number of hydrogen-bond acceptors (Lipinski definition) is 4. The minimum absolute atomic E-state index is 0.172. The van der Waals surface area contributed by atoms with Crippen molar-refractivity contribution in [2.24, 2.45) is 5.92 Å². The van der Waals surface area contributed by atoms with Crippen LogP contribution in [0.3, 0.4) is 0 Å². The fourth-order valence-corrected chi connectivity index (χ4v) is 5.12. The van der Waals surface area contributed by atoms with Gasteiger partial charge in [-0.15, -0.1) is 0 Å². The summed E-state index contributed by atoms with van der Waals surface area (Å²) in [5.41, 5.74) is 0.523. The number of Topliss-reactive ketones (excluding diaryl/α,β-unsaturated/α-hetero) is 1. The molecule has 2 aliphatic heterocycles. The van der Waals surface area contributed by atoms with Gasteiger partial charge in [-0.2, -0.15) is 0 Å². The molecule has 152 valence electrons. The first kappa shape index (κ1) is 19.0. The number of carbonyl (C=O) groups is 2. The van der Waals surface area contributed by atoms with E-state index >= 15 is 0 Å². The van der Waals surface area contributed by atoms with Crippen LogP contribution >= 0.6 is 11.6 Å². The number of nitrogens with zero attached hydrogens (tertiary/aromatic N) is 1. The van der Waals surface area contributed by atoms with Gasteiger partial charge in [0.25, 0.3) is 0 Å². The van der Waals surface area contributed by atoms with Crippen LogP contribution in [0.15, 0.2) is 65.3 Å². The Labute approximate surface area is 177 Å². The number of likely N-dealkylation sites (N-methyl/N-ethyl adjacent to an activating group) is 1. The van der Waals surface area contributed by atoms with Crippen molar-refractivity contribution >= 4 is 29.0 Å².